The lowest BCUT2D eigenvalue weighted by Gasteiger charge is -2.02. The van der Waals surface area contributed by atoms with E-state index in [0.717, 1.165) is 23.5 Å². The second-order valence-corrected chi connectivity index (χ2v) is 4.55. The van der Waals surface area contributed by atoms with Crippen LogP contribution in [0, 0.1) is 21.7 Å². The van der Waals surface area contributed by atoms with Crippen molar-refractivity contribution >= 4 is 17.0 Å². The molecule has 1 heterocycles. The van der Waals surface area contributed by atoms with Gasteiger partial charge in [0.15, 0.2) is 0 Å². The second kappa shape index (κ2) is 5.37. The van der Waals surface area contributed by atoms with Gasteiger partial charge in [0.2, 0.25) is 5.82 Å². The highest BCUT2D eigenvalue weighted by atomic mass is 32.1. The molecule has 0 radical (unpaired) electrons. The van der Waals surface area contributed by atoms with E-state index in [2.05, 4.69) is 10.3 Å². The number of nitrogens with one attached hydrogen (secondary N) is 1. The van der Waals surface area contributed by atoms with E-state index in [-0.39, 0.29) is 5.01 Å². The van der Waals surface area contributed by atoms with Gasteiger partial charge < -0.3 is 5.32 Å². The van der Waals surface area contributed by atoms with Crippen LogP contribution >= 0.6 is 11.3 Å². The summed E-state index contributed by atoms with van der Waals surface area (Å²) in [7, 11) is 1.72. The molecule has 0 unspecified atom stereocenters. The van der Waals surface area contributed by atoms with Gasteiger partial charge in [-0.2, -0.15) is 4.39 Å². The Labute approximate surface area is 111 Å². The fourth-order valence-electron chi connectivity index (χ4n) is 1.56. The summed E-state index contributed by atoms with van der Waals surface area (Å²) in [6, 6.07) is 1.67. The Kier molecular flexibility index (Phi) is 3.82. The molecule has 0 aliphatic rings. The largest absolute Gasteiger partial charge is 0.314 e. The van der Waals surface area contributed by atoms with Crippen LogP contribution in [0.3, 0.4) is 0 Å². The van der Waals surface area contributed by atoms with E-state index in [4.69, 9.17) is 0 Å². The van der Waals surface area contributed by atoms with Crippen LogP contribution < -0.4 is 5.32 Å². The minimum atomic E-state index is -1.20. The molecule has 0 fully saturated rings. The zero-order valence-electron chi connectivity index (χ0n) is 9.81. The van der Waals surface area contributed by atoms with E-state index in [9.17, 15) is 18.9 Å². The molecule has 0 atom stereocenters. The number of rotatable bonds is 4. The predicted molar refractivity (Wildman–Crippen MR) is 66.9 cm³/mol. The van der Waals surface area contributed by atoms with Crippen molar-refractivity contribution in [3.05, 3.63) is 45.0 Å². The van der Waals surface area contributed by atoms with Crippen molar-refractivity contribution in [2.75, 3.05) is 7.05 Å². The highest BCUT2D eigenvalue weighted by molar-refractivity contribution is 7.13. The molecule has 0 spiro atoms. The number of hydrogen-bond acceptors (Lipinski definition) is 5. The molecule has 1 aromatic heterocycles. The Morgan fingerprint density at radius 2 is 2.21 bits per heavy atom. The SMILES string of the molecule is CNCc1csc(-c2c(F)ccc([N+](=O)[O-])c2F)n1. The molecule has 0 amide bonds. The summed E-state index contributed by atoms with van der Waals surface area (Å²) in [5.41, 5.74) is -0.601. The number of benzene rings is 1. The highest BCUT2D eigenvalue weighted by Gasteiger charge is 2.24. The Hall–Kier alpha value is -1.93. The van der Waals surface area contributed by atoms with E-state index >= 15 is 0 Å². The lowest BCUT2D eigenvalue weighted by atomic mass is 10.2. The van der Waals surface area contributed by atoms with Gasteiger partial charge in [-0.05, 0) is 13.1 Å². The van der Waals surface area contributed by atoms with Gasteiger partial charge in [-0.3, -0.25) is 10.1 Å². The second-order valence-electron chi connectivity index (χ2n) is 3.69. The molecule has 0 aliphatic heterocycles. The van der Waals surface area contributed by atoms with Crippen LogP contribution in [0.1, 0.15) is 5.69 Å². The standard InChI is InChI=1S/C11H9F2N3O2S/c1-14-4-6-5-19-11(15-6)9-7(12)2-3-8(10(9)13)16(17)18/h2-3,5,14H,4H2,1H3. The Balaban J connectivity index is 2.53. The molecule has 1 N–H and O–H groups in total. The fraction of sp³-hybridized carbons (Fsp3) is 0.182. The lowest BCUT2D eigenvalue weighted by molar-refractivity contribution is -0.387. The third kappa shape index (κ3) is 2.59. The molecule has 0 aliphatic carbocycles. The first-order valence-corrected chi connectivity index (χ1v) is 6.14. The summed E-state index contributed by atoms with van der Waals surface area (Å²) >= 11 is 1.04. The third-order valence-corrected chi connectivity index (χ3v) is 3.30. The van der Waals surface area contributed by atoms with Crippen molar-refractivity contribution in [3.8, 4) is 10.6 Å². The summed E-state index contributed by atoms with van der Waals surface area (Å²) in [5.74, 6) is -2.07. The number of thiazole rings is 1. The van der Waals surface area contributed by atoms with E-state index in [1.165, 1.54) is 0 Å². The number of nitrogens with zero attached hydrogens (tertiary/aromatic N) is 2. The van der Waals surface area contributed by atoms with Crippen molar-refractivity contribution in [3.63, 3.8) is 0 Å². The van der Waals surface area contributed by atoms with Crippen molar-refractivity contribution in [2.24, 2.45) is 0 Å². The predicted octanol–water partition coefficient (Wildman–Crippen LogP) is 2.72. The Morgan fingerprint density at radius 1 is 1.47 bits per heavy atom. The molecule has 8 heteroatoms. The Morgan fingerprint density at radius 3 is 2.84 bits per heavy atom. The molecular weight excluding hydrogens is 276 g/mol. The number of aromatic nitrogens is 1. The van der Waals surface area contributed by atoms with Gasteiger partial charge in [-0.25, -0.2) is 9.37 Å². The quantitative estimate of drug-likeness (QED) is 0.692. The molecule has 0 saturated carbocycles. The number of halogens is 2. The van der Waals surface area contributed by atoms with Crippen molar-refractivity contribution in [1.82, 2.24) is 10.3 Å². The molecule has 5 nitrogen and oxygen atoms in total. The smallest absolute Gasteiger partial charge is 0.305 e. The minimum Gasteiger partial charge on any atom is -0.314 e. The first-order valence-electron chi connectivity index (χ1n) is 5.26. The van der Waals surface area contributed by atoms with Crippen LogP contribution in [-0.2, 0) is 6.54 Å². The normalized spacial score (nSPS) is 10.7. The zero-order chi connectivity index (χ0) is 14.0. The molecule has 19 heavy (non-hydrogen) atoms. The van der Waals surface area contributed by atoms with Crippen molar-refractivity contribution in [1.29, 1.82) is 0 Å². The number of hydrogen-bond donors (Lipinski definition) is 1. The van der Waals surface area contributed by atoms with Crippen LogP contribution in [-0.4, -0.2) is 17.0 Å². The average molecular weight is 285 g/mol. The van der Waals surface area contributed by atoms with E-state index in [0.29, 0.717) is 12.2 Å². The third-order valence-electron chi connectivity index (χ3n) is 2.39. The molecular formula is C11H9F2N3O2S. The molecule has 2 rings (SSSR count). The maximum Gasteiger partial charge on any atom is 0.305 e. The lowest BCUT2D eigenvalue weighted by Crippen LogP contribution is -2.05. The van der Waals surface area contributed by atoms with Crippen LogP contribution in [0.5, 0.6) is 0 Å². The zero-order valence-corrected chi connectivity index (χ0v) is 10.6. The number of nitro benzene ring substituents is 1. The summed E-state index contributed by atoms with van der Waals surface area (Å²) in [5, 5.41) is 15.2. The molecule has 100 valence electrons. The van der Waals surface area contributed by atoms with Gasteiger partial charge in [0.25, 0.3) is 0 Å². The molecule has 0 saturated heterocycles. The first-order chi connectivity index (χ1) is 9.04. The van der Waals surface area contributed by atoms with Gasteiger partial charge in [-0.15, -0.1) is 11.3 Å². The van der Waals surface area contributed by atoms with Gasteiger partial charge >= 0.3 is 5.69 Å². The summed E-state index contributed by atoms with van der Waals surface area (Å²) in [6.07, 6.45) is 0. The average Bonchev–Trinajstić information content (AvgIpc) is 2.77. The molecule has 0 bridgehead atoms. The summed E-state index contributed by atoms with van der Waals surface area (Å²) in [4.78, 5) is 13.8. The van der Waals surface area contributed by atoms with Crippen LogP contribution in [0.15, 0.2) is 17.5 Å². The fourth-order valence-corrected chi connectivity index (χ4v) is 2.42. The molecule has 1 aromatic carbocycles. The van der Waals surface area contributed by atoms with Gasteiger partial charge in [0, 0.05) is 18.0 Å². The van der Waals surface area contributed by atoms with Crippen LogP contribution in [0.25, 0.3) is 10.6 Å². The van der Waals surface area contributed by atoms with Gasteiger partial charge in [0.1, 0.15) is 10.8 Å². The van der Waals surface area contributed by atoms with E-state index in [1.807, 2.05) is 0 Å². The van der Waals surface area contributed by atoms with Crippen molar-refractivity contribution in [2.45, 2.75) is 6.54 Å². The maximum atomic E-state index is 13.9. The summed E-state index contributed by atoms with van der Waals surface area (Å²) in [6.45, 7) is 0.453. The van der Waals surface area contributed by atoms with Gasteiger partial charge in [-0.1, -0.05) is 0 Å². The van der Waals surface area contributed by atoms with E-state index in [1.54, 1.807) is 12.4 Å². The van der Waals surface area contributed by atoms with E-state index < -0.39 is 27.8 Å². The molecule has 2 aromatic rings. The van der Waals surface area contributed by atoms with Crippen molar-refractivity contribution < 1.29 is 13.7 Å². The minimum absolute atomic E-state index is 0.0870. The topological polar surface area (TPSA) is 68.1 Å². The Bertz CT molecular complexity index is 630. The first kappa shape index (κ1) is 13.5. The van der Waals surface area contributed by atoms with Crippen LogP contribution in [0.2, 0.25) is 0 Å². The highest BCUT2D eigenvalue weighted by Crippen LogP contribution is 2.33. The number of nitro groups is 1. The van der Waals surface area contributed by atoms with Crippen LogP contribution in [0.4, 0.5) is 14.5 Å². The maximum absolute atomic E-state index is 13.9. The summed E-state index contributed by atoms with van der Waals surface area (Å²) < 4.78 is 27.6. The monoisotopic (exact) mass is 285 g/mol. The van der Waals surface area contributed by atoms with Gasteiger partial charge in [0.05, 0.1) is 16.2 Å².